The number of nitrogens with zero attached hydrogens (tertiary/aromatic N) is 1. The Hall–Kier alpha value is -1.35. The maximum Gasteiger partial charge on any atom is 0.238 e. The van der Waals surface area contributed by atoms with Crippen LogP contribution in [0.3, 0.4) is 0 Å². The van der Waals surface area contributed by atoms with Crippen molar-refractivity contribution in [3.05, 3.63) is 35.4 Å². The number of benzene rings is 1. The second kappa shape index (κ2) is 4.73. The van der Waals surface area contributed by atoms with E-state index in [9.17, 15) is 4.79 Å². The fourth-order valence-corrected chi connectivity index (χ4v) is 2.69. The molecule has 0 bridgehead atoms. The lowest BCUT2D eigenvalue weighted by Crippen LogP contribution is -2.31. The Morgan fingerprint density at radius 3 is 2.83 bits per heavy atom. The van der Waals surface area contributed by atoms with Gasteiger partial charge in [0.05, 0.1) is 6.54 Å². The van der Waals surface area contributed by atoms with E-state index in [0.717, 1.165) is 18.9 Å². The third-order valence-corrected chi connectivity index (χ3v) is 4.04. The number of rotatable bonds is 4. The summed E-state index contributed by atoms with van der Waals surface area (Å²) in [6, 6.07) is 8.32. The van der Waals surface area contributed by atoms with Crippen LogP contribution in [0.5, 0.6) is 0 Å². The normalized spacial score (nSPS) is 23.7. The summed E-state index contributed by atoms with van der Waals surface area (Å²) < 4.78 is 0. The predicted molar refractivity (Wildman–Crippen MR) is 71.0 cm³/mol. The van der Waals surface area contributed by atoms with E-state index in [1.165, 1.54) is 24.0 Å². The first-order valence-corrected chi connectivity index (χ1v) is 6.84. The average molecular weight is 244 g/mol. The smallest absolute Gasteiger partial charge is 0.238 e. The summed E-state index contributed by atoms with van der Waals surface area (Å²) in [6.45, 7) is 3.48. The zero-order valence-electron chi connectivity index (χ0n) is 10.9. The largest absolute Gasteiger partial charge is 0.322 e. The fourth-order valence-electron chi connectivity index (χ4n) is 2.69. The zero-order chi connectivity index (χ0) is 12.5. The van der Waals surface area contributed by atoms with Gasteiger partial charge >= 0.3 is 0 Å². The van der Waals surface area contributed by atoms with Crippen molar-refractivity contribution in [3.8, 4) is 0 Å². The van der Waals surface area contributed by atoms with Gasteiger partial charge in [-0.15, -0.1) is 0 Å². The van der Waals surface area contributed by atoms with Gasteiger partial charge in [-0.25, -0.2) is 0 Å². The van der Waals surface area contributed by atoms with Crippen molar-refractivity contribution in [2.24, 2.45) is 5.92 Å². The van der Waals surface area contributed by atoms with Crippen LogP contribution in [0.4, 0.5) is 0 Å². The van der Waals surface area contributed by atoms with E-state index < -0.39 is 0 Å². The van der Waals surface area contributed by atoms with Gasteiger partial charge in [-0.3, -0.25) is 10.1 Å². The average Bonchev–Trinajstić information content (AvgIpc) is 3.12. The second-order valence-electron chi connectivity index (χ2n) is 5.46. The topological polar surface area (TPSA) is 32.3 Å². The molecule has 0 aromatic heterocycles. The molecule has 1 N–H and O–H groups in total. The minimum Gasteiger partial charge on any atom is -0.322 e. The molecule has 1 aliphatic heterocycles. The summed E-state index contributed by atoms with van der Waals surface area (Å²) in [5, 5.41) is 3.33. The first-order chi connectivity index (χ1) is 8.75. The van der Waals surface area contributed by atoms with Crippen LogP contribution >= 0.6 is 0 Å². The van der Waals surface area contributed by atoms with Crippen molar-refractivity contribution in [2.45, 2.75) is 32.4 Å². The monoisotopic (exact) mass is 244 g/mol. The highest BCUT2D eigenvalue weighted by Gasteiger charge is 2.33. The summed E-state index contributed by atoms with van der Waals surface area (Å²) in [4.78, 5) is 14.0. The second-order valence-corrected chi connectivity index (χ2v) is 5.46. The van der Waals surface area contributed by atoms with E-state index >= 15 is 0 Å². The SMILES string of the molecule is Cc1ccccc1C1NCC(=O)N1CCC1CC1. The lowest BCUT2D eigenvalue weighted by Gasteiger charge is -2.25. The van der Waals surface area contributed by atoms with Crippen LogP contribution in [-0.2, 0) is 4.79 Å². The number of aryl methyl sites for hydroxylation is 1. The highest BCUT2D eigenvalue weighted by molar-refractivity contribution is 5.81. The van der Waals surface area contributed by atoms with E-state index in [0.29, 0.717) is 6.54 Å². The third-order valence-electron chi connectivity index (χ3n) is 4.04. The molecule has 1 aliphatic carbocycles. The Morgan fingerprint density at radius 1 is 1.33 bits per heavy atom. The molecule has 3 rings (SSSR count). The molecule has 1 unspecified atom stereocenters. The Bertz CT molecular complexity index is 454. The molecule has 1 aromatic rings. The zero-order valence-corrected chi connectivity index (χ0v) is 10.9. The summed E-state index contributed by atoms with van der Waals surface area (Å²) >= 11 is 0. The quantitative estimate of drug-likeness (QED) is 0.881. The number of hydrogen-bond donors (Lipinski definition) is 1. The lowest BCUT2D eigenvalue weighted by molar-refractivity contribution is -0.128. The van der Waals surface area contributed by atoms with Crippen LogP contribution in [0, 0.1) is 12.8 Å². The van der Waals surface area contributed by atoms with Crippen molar-refractivity contribution < 1.29 is 4.79 Å². The van der Waals surface area contributed by atoms with Crippen molar-refractivity contribution in [1.82, 2.24) is 10.2 Å². The van der Waals surface area contributed by atoms with Crippen LogP contribution in [0.15, 0.2) is 24.3 Å². The van der Waals surface area contributed by atoms with E-state index in [1.807, 2.05) is 17.0 Å². The maximum atomic E-state index is 12.0. The highest BCUT2D eigenvalue weighted by Crippen LogP contribution is 2.34. The minimum atomic E-state index is 0.0810. The van der Waals surface area contributed by atoms with Gasteiger partial charge in [0.2, 0.25) is 5.91 Å². The number of carbonyl (C=O) groups is 1. The van der Waals surface area contributed by atoms with Crippen LogP contribution in [0.25, 0.3) is 0 Å². The predicted octanol–water partition coefficient (Wildman–Crippen LogP) is 2.23. The fraction of sp³-hybridized carbons (Fsp3) is 0.533. The highest BCUT2D eigenvalue weighted by atomic mass is 16.2. The summed E-state index contributed by atoms with van der Waals surface area (Å²) in [7, 11) is 0. The van der Waals surface area contributed by atoms with Crippen molar-refractivity contribution in [2.75, 3.05) is 13.1 Å². The minimum absolute atomic E-state index is 0.0810. The number of hydrogen-bond acceptors (Lipinski definition) is 2. The van der Waals surface area contributed by atoms with Gasteiger partial charge in [0.25, 0.3) is 0 Å². The number of carbonyl (C=O) groups excluding carboxylic acids is 1. The summed E-state index contributed by atoms with van der Waals surface area (Å²) in [6.07, 6.45) is 3.95. The Kier molecular flexibility index (Phi) is 3.08. The molecular formula is C15H20N2O. The van der Waals surface area contributed by atoms with Crippen molar-refractivity contribution in [3.63, 3.8) is 0 Å². The van der Waals surface area contributed by atoms with E-state index in [4.69, 9.17) is 0 Å². The molecule has 2 fully saturated rings. The lowest BCUT2D eigenvalue weighted by atomic mass is 10.1. The van der Waals surface area contributed by atoms with E-state index in [-0.39, 0.29) is 12.1 Å². The van der Waals surface area contributed by atoms with Crippen LogP contribution in [0.2, 0.25) is 0 Å². The van der Waals surface area contributed by atoms with Crippen molar-refractivity contribution >= 4 is 5.91 Å². The van der Waals surface area contributed by atoms with Crippen LogP contribution in [0.1, 0.15) is 36.6 Å². The molecule has 96 valence electrons. The van der Waals surface area contributed by atoms with Gasteiger partial charge in [0, 0.05) is 6.54 Å². The maximum absolute atomic E-state index is 12.0. The molecule has 1 heterocycles. The van der Waals surface area contributed by atoms with Gasteiger partial charge in [-0.1, -0.05) is 37.1 Å². The molecule has 2 aliphatic rings. The van der Waals surface area contributed by atoms with Crippen LogP contribution < -0.4 is 5.32 Å². The van der Waals surface area contributed by atoms with Gasteiger partial charge in [0.1, 0.15) is 6.17 Å². The molecule has 0 spiro atoms. The van der Waals surface area contributed by atoms with E-state index in [1.54, 1.807) is 0 Å². The molecule has 18 heavy (non-hydrogen) atoms. The van der Waals surface area contributed by atoms with Gasteiger partial charge in [-0.2, -0.15) is 0 Å². The Balaban J connectivity index is 1.76. The standard InChI is InChI=1S/C15H20N2O/c1-11-4-2-3-5-13(11)15-16-10-14(18)17(15)9-8-12-6-7-12/h2-5,12,15-16H,6-10H2,1H3. The van der Waals surface area contributed by atoms with E-state index in [2.05, 4.69) is 24.4 Å². The Morgan fingerprint density at radius 2 is 2.11 bits per heavy atom. The van der Waals surface area contributed by atoms with Gasteiger partial charge in [0.15, 0.2) is 0 Å². The third kappa shape index (κ3) is 2.27. The number of amides is 1. The molecule has 1 atom stereocenters. The summed E-state index contributed by atoms with van der Waals surface area (Å²) in [5.74, 6) is 1.11. The summed E-state index contributed by atoms with van der Waals surface area (Å²) in [5.41, 5.74) is 2.49. The molecule has 0 radical (unpaired) electrons. The van der Waals surface area contributed by atoms with Gasteiger partial charge < -0.3 is 4.90 Å². The number of nitrogens with one attached hydrogen (secondary N) is 1. The molecule has 1 saturated heterocycles. The molecule has 1 saturated carbocycles. The Labute approximate surface area is 108 Å². The molecule has 3 nitrogen and oxygen atoms in total. The first-order valence-electron chi connectivity index (χ1n) is 6.84. The molecule has 3 heteroatoms. The molecule has 1 aromatic carbocycles. The molecule has 1 amide bonds. The van der Waals surface area contributed by atoms with Gasteiger partial charge in [-0.05, 0) is 30.4 Å². The van der Waals surface area contributed by atoms with Crippen LogP contribution in [-0.4, -0.2) is 23.9 Å². The molecular weight excluding hydrogens is 224 g/mol. The van der Waals surface area contributed by atoms with Crippen molar-refractivity contribution in [1.29, 1.82) is 0 Å². The first kappa shape index (κ1) is 11.7.